The molecule has 0 bridgehead atoms. The lowest BCUT2D eigenvalue weighted by atomic mass is 10.0. The van der Waals surface area contributed by atoms with Crippen molar-refractivity contribution in [3.05, 3.63) is 71.4 Å². The number of fused-ring (bicyclic) bond motifs is 1. The largest absolute Gasteiger partial charge is 0.497 e. The van der Waals surface area contributed by atoms with Crippen LogP contribution < -0.4 is 10.1 Å². The van der Waals surface area contributed by atoms with E-state index in [1.165, 1.54) is 17.7 Å². The number of ether oxygens (including phenoxy) is 1. The molecule has 27 heavy (non-hydrogen) atoms. The maximum absolute atomic E-state index is 13.4. The fraction of sp³-hybridized carbons (Fsp3) is 0.318. The number of aromatic nitrogens is 2. The Balaban J connectivity index is 1.82. The number of methoxy groups -OCH3 is 1. The molecule has 4 rings (SSSR count). The van der Waals surface area contributed by atoms with Gasteiger partial charge in [-0.15, -0.1) is 0 Å². The maximum atomic E-state index is 13.4. The lowest BCUT2D eigenvalue weighted by molar-refractivity contribution is 0.313. The van der Waals surface area contributed by atoms with Crippen molar-refractivity contribution in [1.82, 2.24) is 14.9 Å². The Morgan fingerprint density at radius 1 is 1.11 bits per heavy atom. The van der Waals surface area contributed by atoms with Crippen LogP contribution in [0.25, 0.3) is 11.3 Å². The Bertz CT molecular complexity index is 943. The summed E-state index contributed by atoms with van der Waals surface area (Å²) >= 11 is 0. The van der Waals surface area contributed by atoms with Crippen LogP contribution >= 0.6 is 0 Å². The van der Waals surface area contributed by atoms with E-state index in [1.54, 1.807) is 7.11 Å². The van der Waals surface area contributed by atoms with Crippen LogP contribution in [0.4, 0.5) is 4.39 Å². The molecule has 140 valence electrons. The minimum absolute atomic E-state index is 0.203. The fourth-order valence-electron chi connectivity index (χ4n) is 3.72. The van der Waals surface area contributed by atoms with Crippen molar-refractivity contribution in [2.75, 3.05) is 13.7 Å². The molecule has 0 amide bonds. The molecule has 0 saturated heterocycles. The first-order valence-electron chi connectivity index (χ1n) is 9.22. The first-order valence-corrected chi connectivity index (χ1v) is 9.22. The molecule has 0 fully saturated rings. The molecular weight excluding hydrogens is 341 g/mol. The van der Waals surface area contributed by atoms with E-state index in [2.05, 4.69) is 35.9 Å². The third-order valence-electron chi connectivity index (χ3n) is 5.18. The third-order valence-corrected chi connectivity index (χ3v) is 5.18. The molecule has 0 radical (unpaired) electrons. The van der Waals surface area contributed by atoms with E-state index < -0.39 is 0 Å². The van der Waals surface area contributed by atoms with Gasteiger partial charge in [0.05, 0.1) is 18.3 Å². The van der Waals surface area contributed by atoms with Gasteiger partial charge >= 0.3 is 0 Å². The highest BCUT2D eigenvalue weighted by molar-refractivity contribution is 5.63. The normalized spacial score (nSPS) is 15.4. The molecule has 1 aliphatic rings. The van der Waals surface area contributed by atoms with E-state index in [9.17, 15) is 4.39 Å². The van der Waals surface area contributed by atoms with Gasteiger partial charge in [-0.2, -0.15) is 0 Å². The van der Waals surface area contributed by atoms with Crippen molar-refractivity contribution in [1.29, 1.82) is 0 Å². The molecule has 0 aliphatic carbocycles. The predicted molar refractivity (Wildman–Crippen MR) is 104 cm³/mol. The Labute approximate surface area is 159 Å². The van der Waals surface area contributed by atoms with E-state index in [0.717, 1.165) is 48.0 Å². The minimum atomic E-state index is -0.235. The summed E-state index contributed by atoms with van der Waals surface area (Å²) < 4.78 is 21.0. The molecule has 0 atom stereocenters. The third kappa shape index (κ3) is 3.35. The Morgan fingerprint density at radius 2 is 1.81 bits per heavy atom. The first kappa shape index (κ1) is 17.7. The van der Waals surface area contributed by atoms with Crippen LogP contribution in [0.2, 0.25) is 0 Å². The summed E-state index contributed by atoms with van der Waals surface area (Å²) in [6.45, 7) is 6.07. The van der Waals surface area contributed by atoms with Crippen LogP contribution in [-0.2, 0) is 18.5 Å². The van der Waals surface area contributed by atoms with Crippen LogP contribution in [-0.4, -0.2) is 23.2 Å². The molecule has 5 heteroatoms. The van der Waals surface area contributed by atoms with Gasteiger partial charge in [0.15, 0.2) is 0 Å². The van der Waals surface area contributed by atoms with Gasteiger partial charge in [0.25, 0.3) is 0 Å². The van der Waals surface area contributed by atoms with E-state index in [1.807, 2.05) is 24.3 Å². The highest BCUT2D eigenvalue weighted by Crippen LogP contribution is 2.33. The summed E-state index contributed by atoms with van der Waals surface area (Å²) in [6, 6.07) is 14.7. The average Bonchev–Trinajstić information content (AvgIpc) is 3.03. The molecule has 4 nitrogen and oxygen atoms in total. The molecule has 1 aromatic heterocycles. The molecule has 0 spiro atoms. The number of imidazole rings is 1. The van der Waals surface area contributed by atoms with Crippen molar-refractivity contribution in [2.45, 2.75) is 32.4 Å². The van der Waals surface area contributed by atoms with Crippen LogP contribution in [0.5, 0.6) is 5.75 Å². The standard InChI is InChI=1S/C22H24FN3O/c1-22(2)21-25-20(16-6-8-17(23)9-7-16)19(26(21)13-12-24-22)14-15-4-10-18(27-3)11-5-15/h4-11,24H,12-14H2,1-3H3. The van der Waals surface area contributed by atoms with E-state index in [0.29, 0.717) is 0 Å². The zero-order chi connectivity index (χ0) is 19.0. The van der Waals surface area contributed by atoms with Gasteiger partial charge in [0.1, 0.15) is 17.4 Å². The Morgan fingerprint density at radius 3 is 2.48 bits per heavy atom. The number of nitrogens with zero attached hydrogens (tertiary/aromatic N) is 2. The smallest absolute Gasteiger partial charge is 0.129 e. The number of benzene rings is 2. The molecule has 0 unspecified atom stereocenters. The molecule has 2 aromatic carbocycles. The number of hydrogen-bond acceptors (Lipinski definition) is 3. The van der Waals surface area contributed by atoms with Gasteiger partial charge in [0, 0.05) is 30.8 Å². The molecule has 1 aliphatic heterocycles. The number of halogens is 1. The lowest BCUT2D eigenvalue weighted by Gasteiger charge is -2.32. The van der Waals surface area contributed by atoms with Gasteiger partial charge in [-0.3, -0.25) is 0 Å². The maximum Gasteiger partial charge on any atom is 0.129 e. The molecule has 1 N–H and O–H groups in total. The Kier molecular flexibility index (Phi) is 4.48. The SMILES string of the molecule is COc1ccc(Cc2c(-c3ccc(F)cc3)nc3n2CCNC3(C)C)cc1. The highest BCUT2D eigenvalue weighted by Gasteiger charge is 2.32. The van der Waals surface area contributed by atoms with E-state index in [4.69, 9.17) is 9.72 Å². The summed E-state index contributed by atoms with van der Waals surface area (Å²) in [5, 5.41) is 3.53. The molecule has 0 saturated carbocycles. The molecule has 3 aromatic rings. The van der Waals surface area contributed by atoms with Gasteiger partial charge in [0.2, 0.25) is 0 Å². The highest BCUT2D eigenvalue weighted by atomic mass is 19.1. The van der Waals surface area contributed by atoms with Gasteiger partial charge in [-0.25, -0.2) is 9.37 Å². The van der Waals surface area contributed by atoms with Crippen LogP contribution in [0.15, 0.2) is 48.5 Å². The van der Waals surface area contributed by atoms with Crippen molar-refractivity contribution in [2.24, 2.45) is 0 Å². The summed E-state index contributed by atoms with van der Waals surface area (Å²) in [4.78, 5) is 4.99. The summed E-state index contributed by atoms with van der Waals surface area (Å²) in [5.74, 6) is 1.64. The predicted octanol–water partition coefficient (Wildman–Crippen LogP) is 4.13. The second kappa shape index (κ2) is 6.82. The van der Waals surface area contributed by atoms with Crippen molar-refractivity contribution < 1.29 is 9.13 Å². The van der Waals surface area contributed by atoms with Crippen LogP contribution in [0, 0.1) is 5.82 Å². The zero-order valence-electron chi connectivity index (χ0n) is 15.9. The summed E-state index contributed by atoms with van der Waals surface area (Å²) in [7, 11) is 1.67. The van der Waals surface area contributed by atoms with Crippen LogP contribution in [0.1, 0.15) is 30.9 Å². The lowest BCUT2D eigenvalue weighted by Crippen LogP contribution is -2.45. The molecule has 2 heterocycles. The quantitative estimate of drug-likeness (QED) is 0.756. The zero-order valence-corrected chi connectivity index (χ0v) is 15.9. The van der Waals surface area contributed by atoms with Gasteiger partial charge in [-0.1, -0.05) is 12.1 Å². The summed E-state index contributed by atoms with van der Waals surface area (Å²) in [6.07, 6.45) is 0.764. The number of hydrogen-bond donors (Lipinski definition) is 1. The second-order valence-electron chi connectivity index (χ2n) is 7.47. The van der Waals surface area contributed by atoms with Crippen molar-refractivity contribution >= 4 is 0 Å². The summed E-state index contributed by atoms with van der Waals surface area (Å²) in [5.41, 5.74) is 4.02. The van der Waals surface area contributed by atoms with Gasteiger partial charge in [-0.05, 0) is 55.8 Å². The first-order chi connectivity index (χ1) is 13.0. The topological polar surface area (TPSA) is 39.1 Å². The fourth-order valence-corrected chi connectivity index (χ4v) is 3.72. The van der Waals surface area contributed by atoms with E-state index in [-0.39, 0.29) is 11.4 Å². The van der Waals surface area contributed by atoms with Crippen LogP contribution in [0.3, 0.4) is 0 Å². The monoisotopic (exact) mass is 365 g/mol. The van der Waals surface area contributed by atoms with Crippen molar-refractivity contribution in [3.63, 3.8) is 0 Å². The second-order valence-corrected chi connectivity index (χ2v) is 7.47. The van der Waals surface area contributed by atoms with Gasteiger partial charge < -0.3 is 14.6 Å². The van der Waals surface area contributed by atoms with Crippen molar-refractivity contribution in [3.8, 4) is 17.0 Å². The van der Waals surface area contributed by atoms with E-state index >= 15 is 0 Å². The number of rotatable bonds is 4. The number of nitrogens with one attached hydrogen (secondary N) is 1. The minimum Gasteiger partial charge on any atom is -0.497 e. The average molecular weight is 365 g/mol. The molecular formula is C22H24FN3O. The Hall–Kier alpha value is -2.66.